The first kappa shape index (κ1) is 54.9. The molecule has 0 bridgehead atoms. The second kappa shape index (κ2) is 21.8. The van der Waals surface area contributed by atoms with Crippen molar-refractivity contribution in [1.29, 1.82) is 0 Å². The van der Waals surface area contributed by atoms with E-state index in [-0.39, 0.29) is 24.9 Å². The summed E-state index contributed by atoms with van der Waals surface area (Å²) >= 11 is 0. The number of halogens is 10. The van der Waals surface area contributed by atoms with E-state index >= 15 is 0 Å². The molecule has 0 saturated heterocycles. The molecular formula is C28H49F10N3O15Si3. The first-order chi connectivity index (χ1) is 27.1. The molecule has 0 fully saturated rings. The van der Waals surface area contributed by atoms with E-state index in [2.05, 4.69) is 9.47 Å². The summed E-state index contributed by atoms with van der Waals surface area (Å²) in [6.07, 6.45) is -15.4. The fourth-order valence-corrected chi connectivity index (χ4v) is 9.87. The summed E-state index contributed by atoms with van der Waals surface area (Å²) in [5, 5.41) is 0. The van der Waals surface area contributed by atoms with Crippen molar-refractivity contribution in [3.63, 3.8) is 0 Å². The highest BCUT2D eigenvalue weighted by atomic mass is 28.4. The van der Waals surface area contributed by atoms with Crippen LogP contribution in [0.1, 0.15) is 19.8 Å². The van der Waals surface area contributed by atoms with Crippen LogP contribution in [0.25, 0.3) is 0 Å². The molecule has 1 atom stereocenters. The van der Waals surface area contributed by atoms with Gasteiger partial charge in [-0.15, -0.1) is 0 Å². The minimum atomic E-state index is -6.84. The molecule has 0 N–H and O–H groups in total. The van der Waals surface area contributed by atoms with Crippen molar-refractivity contribution in [2.45, 2.75) is 87.6 Å². The van der Waals surface area contributed by atoms with Crippen LogP contribution in [0.15, 0.2) is 14.4 Å². The molecule has 0 amide bonds. The van der Waals surface area contributed by atoms with E-state index in [0.717, 1.165) is 21.3 Å². The SMILES string of the molecule is CO[Si](CCCn1c(=O)n(CCC[Si](OC)(OC)OC)c(=O)n(CC(COCC(F)(F)C(F)(F)OC(F)(F)C(F)(F)C(C)(F)F)O[Si](OC)(OC)OC)c1=O)(OC)OC. The molecule has 18 nitrogen and oxygen atoms in total. The van der Waals surface area contributed by atoms with Crippen molar-refractivity contribution in [1.82, 2.24) is 13.7 Å². The van der Waals surface area contributed by atoms with Gasteiger partial charge in [0.1, 0.15) is 6.61 Å². The highest BCUT2D eigenvalue weighted by Crippen LogP contribution is 2.50. The average Bonchev–Trinajstić information content (AvgIpc) is 3.17. The van der Waals surface area contributed by atoms with Crippen LogP contribution in [0.4, 0.5) is 43.9 Å². The number of rotatable bonds is 30. The third-order valence-electron chi connectivity index (χ3n) is 8.61. The highest BCUT2D eigenvalue weighted by Gasteiger charge is 2.75. The van der Waals surface area contributed by atoms with Gasteiger partial charge in [-0.1, -0.05) is 0 Å². The molecule has 348 valence electrons. The zero-order chi connectivity index (χ0) is 45.9. The van der Waals surface area contributed by atoms with Crippen LogP contribution < -0.4 is 17.1 Å². The van der Waals surface area contributed by atoms with Crippen molar-refractivity contribution in [3.8, 4) is 0 Å². The molecule has 1 unspecified atom stereocenters. The topological polar surface area (TPSA) is 177 Å². The van der Waals surface area contributed by atoms with Gasteiger partial charge in [0.05, 0.1) is 19.3 Å². The quantitative estimate of drug-likeness (QED) is 0.0813. The van der Waals surface area contributed by atoms with Crippen molar-refractivity contribution in [2.75, 3.05) is 77.2 Å². The van der Waals surface area contributed by atoms with Crippen molar-refractivity contribution < 1.29 is 97.6 Å². The summed E-state index contributed by atoms with van der Waals surface area (Å²) < 4.78 is 200. The molecule has 1 heterocycles. The van der Waals surface area contributed by atoms with E-state index in [9.17, 15) is 58.3 Å². The van der Waals surface area contributed by atoms with Crippen LogP contribution in [0.2, 0.25) is 12.1 Å². The van der Waals surface area contributed by atoms with Gasteiger partial charge in [0.2, 0.25) is 0 Å². The van der Waals surface area contributed by atoms with Crippen molar-refractivity contribution >= 4 is 26.7 Å². The monoisotopic (exact) mass is 941 g/mol. The van der Waals surface area contributed by atoms with Gasteiger partial charge >= 0.3 is 73.7 Å². The van der Waals surface area contributed by atoms with E-state index < -0.39 is 120 Å². The second-order valence-electron chi connectivity index (χ2n) is 12.2. The molecule has 1 aromatic heterocycles. The lowest BCUT2D eigenvalue weighted by Gasteiger charge is -2.34. The largest absolute Gasteiger partial charge is 0.679 e. The van der Waals surface area contributed by atoms with Crippen LogP contribution in [-0.4, -0.2) is 154 Å². The Hall–Kier alpha value is -2.12. The van der Waals surface area contributed by atoms with Gasteiger partial charge in [0.15, 0.2) is 0 Å². The lowest BCUT2D eigenvalue weighted by Crippen LogP contribution is -2.59. The summed E-state index contributed by atoms with van der Waals surface area (Å²) in [5.74, 6) is -18.3. The standard InChI is InChI=1S/C28H49F10N3O15Si3/c1-24(29,30)26(33,34)28(37,38)56-27(35,36)25(31,32)19-54-18-20(55-59(51-8,52-9)53-10)17-41-22(43)39(13-11-15-57(45-2,46-3)47-4)21(42)40(23(41)44)14-12-16-58(48-5,49-6)50-7/h20H,11-19H2,1-10H3. The Morgan fingerprint density at radius 1 is 0.559 bits per heavy atom. The molecule has 59 heavy (non-hydrogen) atoms. The number of hydrogen-bond acceptors (Lipinski definition) is 15. The van der Waals surface area contributed by atoms with E-state index in [4.69, 9.17) is 44.3 Å². The van der Waals surface area contributed by atoms with Gasteiger partial charge in [-0.25, -0.2) is 32.8 Å². The van der Waals surface area contributed by atoms with Crippen LogP contribution in [0.5, 0.6) is 0 Å². The lowest BCUT2D eigenvalue weighted by atomic mass is 10.2. The molecule has 31 heteroatoms. The number of nitrogens with zero attached hydrogens (tertiary/aromatic N) is 3. The van der Waals surface area contributed by atoms with E-state index in [1.165, 1.54) is 42.7 Å². The summed E-state index contributed by atoms with van der Waals surface area (Å²) in [6, 6.07) is 0.0860. The third-order valence-corrected chi connectivity index (χ3v) is 16.4. The molecular weight excluding hydrogens is 893 g/mol. The predicted molar refractivity (Wildman–Crippen MR) is 186 cm³/mol. The first-order valence-corrected chi connectivity index (χ1v) is 22.4. The fourth-order valence-electron chi connectivity index (χ4n) is 5.13. The Labute approximate surface area is 334 Å². The van der Waals surface area contributed by atoms with Crippen LogP contribution in [0.3, 0.4) is 0 Å². The highest BCUT2D eigenvalue weighted by molar-refractivity contribution is 6.60. The summed E-state index contributed by atoms with van der Waals surface area (Å²) in [4.78, 5) is 41.3. The maximum absolute atomic E-state index is 14.6. The lowest BCUT2D eigenvalue weighted by molar-refractivity contribution is -0.486. The maximum atomic E-state index is 14.6. The minimum Gasteiger partial charge on any atom is -0.377 e. The molecule has 0 aliphatic heterocycles. The molecule has 0 spiro atoms. The molecule has 1 aromatic rings. The molecule has 1 rings (SSSR count). The van der Waals surface area contributed by atoms with Gasteiger partial charge < -0.3 is 49.0 Å². The van der Waals surface area contributed by atoms with Gasteiger partial charge in [-0.05, 0) is 12.8 Å². The van der Waals surface area contributed by atoms with E-state index in [1.54, 1.807) is 0 Å². The minimum absolute atomic E-state index is 0.0233. The van der Waals surface area contributed by atoms with Crippen LogP contribution in [-0.2, 0) is 73.4 Å². The number of alkyl halides is 10. The van der Waals surface area contributed by atoms with Gasteiger partial charge in [0.25, 0.3) is 0 Å². The van der Waals surface area contributed by atoms with Crippen LogP contribution >= 0.6 is 0 Å². The van der Waals surface area contributed by atoms with Gasteiger partial charge in [0, 0.05) is 96.1 Å². The Morgan fingerprint density at radius 3 is 1.27 bits per heavy atom. The van der Waals surface area contributed by atoms with Gasteiger partial charge in [-0.3, -0.25) is 0 Å². The Bertz CT molecular complexity index is 1550. The van der Waals surface area contributed by atoms with Crippen molar-refractivity contribution in [2.24, 2.45) is 0 Å². The fraction of sp³-hybridized carbons (Fsp3) is 0.893. The first-order valence-electron chi connectivity index (χ1n) is 16.9. The summed E-state index contributed by atoms with van der Waals surface area (Å²) in [5.41, 5.74) is -3.76. The van der Waals surface area contributed by atoms with Crippen molar-refractivity contribution in [3.05, 3.63) is 31.5 Å². The van der Waals surface area contributed by atoms with Gasteiger partial charge in [-0.2, -0.15) is 43.9 Å². The van der Waals surface area contributed by atoms with E-state index in [0.29, 0.717) is 13.7 Å². The number of hydrogen-bond donors (Lipinski definition) is 0. The maximum Gasteiger partial charge on any atom is 0.679 e. The molecule has 0 aromatic carbocycles. The predicted octanol–water partition coefficient (Wildman–Crippen LogP) is 2.61. The normalized spacial score (nSPS) is 14.6. The number of aromatic nitrogens is 3. The second-order valence-corrected chi connectivity index (χ2v) is 20.9. The zero-order valence-corrected chi connectivity index (χ0v) is 36.7. The summed E-state index contributed by atoms with van der Waals surface area (Å²) in [7, 11) is -0.179. The Morgan fingerprint density at radius 2 is 0.932 bits per heavy atom. The molecule has 0 aliphatic carbocycles. The zero-order valence-electron chi connectivity index (χ0n) is 33.7. The Balaban J connectivity index is 3.76. The molecule has 0 saturated carbocycles. The molecule has 0 radical (unpaired) electrons. The smallest absolute Gasteiger partial charge is 0.377 e. The number of ether oxygens (including phenoxy) is 2. The summed E-state index contributed by atoms with van der Waals surface area (Å²) in [6.45, 7) is -6.69. The van der Waals surface area contributed by atoms with Crippen LogP contribution in [0, 0.1) is 0 Å². The third kappa shape index (κ3) is 13.0. The van der Waals surface area contributed by atoms with E-state index in [1.807, 2.05) is 0 Å². The Kier molecular flexibility index (Phi) is 20.3. The molecule has 0 aliphatic rings. The average molecular weight is 942 g/mol.